The number of halogens is 1. The number of carbonyl (C=O) groups is 1. The second kappa shape index (κ2) is 10.2. The molecule has 1 amide bonds. The fraction of sp³-hybridized carbons (Fsp3) is 0.381. The Kier molecular flexibility index (Phi) is 7.98. The molecule has 2 rings (SSSR count). The summed E-state index contributed by atoms with van der Waals surface area (Å²) in [5.41, 5.74) is 1.79. The molecule has 0 saturated carbocycles. The molecular weight excluding hydrogens is 394 g/mol. The third-order valence-electron chi connectivity index (χ3n) is 3.86. The van der Waals surface area contributed by atoms with Crippen molar-refractivity contribution in [2.45, 2.75) is 39.5 Å². The lowest BCUT2D eigenvalue weighted by molar-refractivity contribution is -0.118. The van der Waals surface area contributed by atoms with Gasteiger partial charge in [0, 0.05) is 10.2 Å². The zero-order chi connectivity index (χ0) is 18.9. The molecule has 5 heteroatoms. The van der Waals surface area contributed by atoms with E-state index in [1.54, 1.807) is 0 Å². The second-order valence-electron chi connectivity index (χ2n) is 6.40. The van der Waals surface area contributed by atoms with Crippen LogP contribution in [-0.4, -0.2) is 19.1 Å². The highest BCUT2D eigenvalue weighted by atomic mass is 79.9. The summed E-state index contributed by atoms with van der Waals surface area (Å²) in [4.78, 5) is 12.2. The smallest absolute Gasteiger partial charge is 0.262 e. The van der Waals surface area contributed by atoms with Crippen molar-refractivity contribution in [2.24, 2.45) is 0 Å². The van der Waals surface area contributed by atoms with Gasteiger partial charge < -0.3 is 14.8 Å². The van der Waals surface area contributed by atoms with Gasteiger partial charge in [0.05, 0.1) is 6.61 Å². The van der Waals surface area contributed by atoms with Gasteiger partial charge in [-0.25, -0.2) is 0 Å². The fourth-order valence-electron chi connectivity index (χ4n) is 2.41. The van der Waals surface area contributed by atoms with Crippen LogP contribution in [0.25, 0.3) is 0 Å². The number of amides is 1. The van der Waals surface area contributed by atoms with Crippen molar-refractivity contribution in [3.05, 3.63) is 52.5 Å². The van der Waals surface area contributed by atoms with Gasteiger partial charge in [-0.1, -0.05) is 43.1 Å². The van der Waals surface area contributed by atoms with Gasteiger partial charge in [-0.2, -0.15) is 0 Å². The molecule has 0 aliphatic carbocycles. The van der Waals surface area contributed by atoms with Gasteiger partial charge in [-0.3, -0.25) is 4.79 Å². The minimum absolute atomic E-state index is 0.0316. The Balaban J connectivity index is 1.87. The van der Waals surface area contributed by atoms with Crippen molar-refractivity contribution in [1.82, 2.24) is 0 Å². The van der Waals surface area contributed by atoms with Crippen LogP contribution in [-0.2, 0) is 4.79 Å². The van der Waals surface area contributed by atoms with Crippen LogP contribution in [0, 0.1) is 0 Å². The SMILES string of the molecule is CCCCOc1ccc(NC(=O)COc2ccc(Br)cc2C(C)C)cc1. The number of benzene rings is 2. The molecule has 4 nitrogen and oxygen atoms in total. The van der Waals surface area contributed by atoms with Crippen molar-refractivity contribution in [1.29, 1.82) is 0 Å². The number of unbranched alkanes of at least 4 members (excludes halogenated alkanes) is 1. The average molecular weight is 420 g/mol. The summed E-state index contributed by atoms with van der Waals surface area (Å²) in [6.07, 6.45) is 2.13. The van der Waals surface area contributed by atoms with E-state index in [0.29, 0.717) is 12.5 Å². The Morgan fingerprint density at radius 2 is 1.85 bits per heavy atom. The predicted octanol–water partition coefficient (Wildman–Crippen LogP) is 5.77. The highest BCUT2D eigenvalue weighted by Crippen LogP contribution is 2.29. The zero-order valence-electron chi connectivity index (χ0n) is 15.5. The molecular formula is C21H26BrNO3. The van der Waals surface area contributed by atoms with E-state index in [4.69, 9.17) is 9.47 Å². The molecule has 140 valence electrons. The monoisotopic (exact) mass is 419 g/mol. The topological polar surface area (TPSA) is 47.6 Å². The molecule has 26 heavy (non-hydrogen) atoms. The molecule has 0 atom stereocenters. The maximum atomic E-state index is 12.2. The summed E-state index contributed by atoms with van der Waals surface area (Å²) in [7, 11) is 0. The van der Waals surface area contributed by atoms with Crippen LogP contribution in [0.15, 0.2) is 46.9 Å². The Morgan fingerprint density at radius 3 is 2.50 bits per heavy atom. The Hall–Kier alpha value is -2.01. The van der Waals surface area contributed by atoms with E-state index in [0.717, 1.165) is 40.1 Å². The van der Waals surface area contributed by atoms with Crippen molar-refractivity contribution in [3.63, 3.8) is 0 Å². The maximum absolute atomic E-state index is 12.2. The minimum Gasteiger partial charge on any atom is -0.494 e. The molecule has 0 radical (unpaired) electrons. The molecule has 0 aliphatic rings. The second-order valence-corrected chi connectivity index (χ2v) is 7.32. The molecule has 0 spiro atoms. The first-order chi connectivity index (χ1) is 12.5. The normalized spacial score (nSPS) is 10.7. The van der Waals surface area contributed by atoms with Gasteiger partial charge in [0.2, 0.25) is 0 Å². The molecule has 0 fully saturated rings. The number of hydrogen-bond donors (Lipinski definition) is 1. The van der Waals surface area contributed by atoms with Crippen LogP contribution in [0.3, 0.4) is 0 Å². The number of nitrogens with one attached hydrogen (secondary N) is 1. The summed E-state index contributed by atoms with van der Waals surface area (Å²) >= 11 is 3.47. The molecule has 0 unspecified atom stereocenters. The van der Waals surface area contributed by atoms with Crippen molar-refractivity contribution < 1.29 is 14.3 Å². The van der Waals surface area contributed by atoms with Crippen LogP contribution >= 0.6 is 15.9 Å². The van der Waals surface area contributed by atoms with Crippen LogP contribution in [0.2, 0.25) is 0 Å². The van der Waals surface area contributed by atoms with Crippen molar-refractivity contribution in [2.75, 3.05) is 18.5 Å². The van der Waals surface area contributed by atoms with Gasteiger partial charge in [0.15, 0.2) is 6.61 Å². The van der Waals surface area contributed by atoms with E-state index in [2.05, 4.69) is 42.0 Å². The van der Waals surface area contributed by atoms with Gasteiger partial charge in [-0.05, 0) is 60.4 Å². The van der Waals surface area contributed by atoms with Crippen LogP contribution in [0.4, 0.5) is 5.69 Å². The summed E-state index contributed by atoms with van der Waals surface area (Å²) < 4.78 is 12.3. The van der Waals surface area contributed by atoms with Crippen LogP contribution < -0.4 is 14.8 Å². The third-order valence-corrected chi connectivity index (χ3v) is 4.35. The number of anilines is 1. The van der Waals surface area contributed by atoms with E-state index in [9.17, 15) is 4.79 Å². The van der Waals surface area contributed by atoms with Crippen LogP contribution in [0.1, 0.15) is 45.1 Å². The standard InChI is InChI=1S/C21H26BrNO3/c1-4-5-12-25-18-9-7-17(8-10-18)23-21(24)14-26-20-11-6-16(22)13-19(20)15(2)3/h6-11,13,15H,4-5,12,14H2,1-3H3,(H,23,24). The maximum Gasteiger partial charge on any atom is 0.262 e. The van der Waals surface area contributed by atoms with Gasteiger partial charge in [0.25, 0.3) is 5.91 Å². The third kappa shape index (κ3) is 6.37. The van der Waals surface area contributed by atoms with Crippen LogP contribution in [0.5, 0.6) is 11.5 Å². The first-order valence-electron chi connectivity index (χ1n) is 8.94. The van der Waals surface area contributed by atoms with E-state index < -0.39 is 0 Å². The van der Waals surface area contributed by atoms with Gasteiger partial charge in [-0.15, -0.1) is 0 Å². The first kappa shape index (κ1) is 20.3. The van der Waals surface area contributed by atoms with E-state index in [1.807, 2.05) is 42.5 Å². The molecule has 0 aliphatic heterocycles. The number of rotatable bonds is 9. The Labute approximate surface area is 164 Å². The molecule has 2 aromatic carbocycles. The molecule has 1 N–H and O–H groups in total. The summed E-state index contributed by atoms with van der Waals surface area (Å²) in [5.74, 6) is 1.66. The molecule has 2 aromatic rings. The minimum atomic E-state index is -0.192. The zero-order valence-corrected chi connectivity index (χ0v) is 17.1. The van der Waals surface area contributed by atoms with E-state index in [-0.39, 0.29) is 12.5 Å². The van der Waals surface area contributed by atoms with E-state index in [1.165, 1.54) is 0 Å². The quantitative estimate of drug-likeness (QED) is 0.524. The van der Waals surface area contributed by atoms with E-state index >= 15 is 0 Å². The molecule has 0 heterocycles. The van der Waals surface area contributed by atoms with Crippen molar-refractivity contribution >= 4 is 27.5 Å². The van der Waals surface area contributed by atoms with Gasteiger partial charge >= 0.3 is 0 Å². The number of ether oxygens (including phenoxy) is 2. The molecule has 0 saturated heterocycles. The lowest BCUT2D eigenvalue weighted by Gasteiger charge is -2.14. The average Bonchev–Trinajstić information content (AvgIpc) is 2.62. The number of carbonyl (C=O) groups excluding carboxylic acids is 1. The molecule has 0 aromatic heterocycles. The first-order valence-corrected chi connectivity index (χ1v) is 9.74. The number of hydrogen-bond acceptors (Lipinski definition) is 3. The highest BCUT2D eigenvalue weighted by molar-refractivity contribution is 9.10. The summed E-state index contributed by atoms with van der Waals surface area (Å²) in [6.45, 7) is 7.00. The van der Waals surface area contributed by atoms with Crippen molar-refractivity contribution in [3.8, 4) is 11.5 Å². The predicted molar refractivity (Wildman–Crippen MR) is 109 cm³/mol. The lowest BCUT2D eigenvalue weighted by Crippen LogP contribution is -2.20. The largest absolute Gasteiger partial charge is 0.494 e. The highest BCUT2D eigenvalue weighted by Gasteiger charge is 2.11. The Morgan fingerprint density at radius 1 is 1.12 bits per heavy atom. The summed E-state index contributed by atoms with van der Waals surface area (Å²) in [6, 6.07) is 13.2. The van der Waals surface area contributed by atoms with Gasteiger partial charge in [0.1, 0.15) is 11.5 Å². The fourth-order valence-corrected chi connectivity index (χ4v) is 2.79. The summed E-state index contributed by atoms with van der Waals surface area (Å²) in [5, 5.41) is 2.84. The molecule has 0 bridgehead atoms. The Bertz CT molecular complexity index is 714. The lowest BCUT2D eigenvalue weighted by atomic mass is 10.0.